The summed E-state index contributed by atoms with van der Waals surface area (Å²) >= 11 is 1.49. The maximum atomic E-state index is 12.5. The van der Waals surface area contributed by atoms with E-state index in [9.17, 15) is 14.7 Å². The average molecular weight is 448 g/mol. The van der Waals surface area contributed by atoms with Gasteiger partial charge in [0.1, 0.15) is 12.3 Å². The molecule has 0 unspecified atom stereocenters. The van der Waals surface area contributed by atoms with Crippen LogP contribution in [0.1, 0.15) is 57.2 Å². The Morgan fingerprint density at radius 1 is 1.03 bits per heavy atom. The molecule has 32 heavy (non-hydrogen) atoms. The first kappa shape index (κ1) is 22.0. The second-order valence-corrected chi connectivity index (χ2v) is 8.79. The van der Waals surface area contributed by atoms with Crippen molar-refractivity contribution in [3.8, 4) is 16.2 Å². The van der Waals surface area contributed by atoms with Crippen LogP contribution in [-0.4, -0.2) is 36.2 Å². The first-order chi connectivity index (χ1) is 15.5. The summed E-state index contributed by atoms with van der Waals surface area (Å²) in [6, 6.07) is 12.8. The number of ketones is 1. The summed E-state index contributed by atoms with van der Waals surface area (Å²) in [7, 11) is 1.32. The zero-order chi connectivity index (χ0) is 22.7. The van der Waals surface area contributed by atoms with Crippen LogP contribution in [0.4, 0.5) is 0 Å². The molecule has 3 aromatic rings. The number of aryl methyl sites for hydroxylation is 2. The fourth-order valence-electron chi connectivity index (χ4n) is 3.96. The second kappa shape index (κ2) is 9.49. The Bertz CT molecular complexity index is 1190. The van der Waals surface area contributed by atoms with Gasteiger partial charge in [0.05, 0.1) is 17.6 Å². The highest BCUT2D eigenvalue weighted by atomic mass is 32.1. The molecule has 0 fully saturated rings. The lowest BCUT2D eigenvalue weighted by Crippen LogP contribution is -2.07. The third kappa shape index (κ3) is 4.50. The smallest absolute Gasteiger partial charge is 0.337 e. The van der Waals surface area contributed by atoms with Crippen molar-refractivity contribution in [3.05, 3.63) is 75.7 Å². The van der Waals surface area contributed by atoms with Gasteiger partial charge >= 0.3 is 5.97 Å². The van der Waals surface area contributed by atoms with Gasteiger partial charge in [-0.2, -0.15) is 0 Å². The zero-order valence-corrected chi connectivity index (χ0v) is 19.0. The van der Waals surface area contributed by atoms with Gasteiger partial charge < -0.3 is 9.84 Å². The van der Waals surface area contributed by atoms with Crippen LogP contribution in [0.25, 0.3) is 10.4 Å². The molecule has 1 aliphatic carbocycles. The van der Waals surface area contributed by atoms with Crippen molar-refractivity contribution in [2.24, 2.45) is 4.99 Å². The molecule has 0 amide bonds. The normalized spacial score (nSPS) is 13.5. The van der Waals surface area contributed by atoms with Gasteiger partial charge in [0, 0.05) is 22.2 Å². The number of nitrogens with zero attached hydrogens (tertiary/aromatic N) is 1. The van der Waals surface area contributed by atoms with Gasteiger partial charge in [-0.1, -0.05) is 24.3 Å². The number of esters is 1. The van der Waals surface area contributed by atoms with E-state index in [0.29, 0.717) is 22.4 Å². The number of benzene rings is 2. The van der Waals surface area contributed by atoms with E-state index in [1.54, 1.807) is 31.2 Å². The molecule has 0 radical (unpaired) electrons. The number of carbonyl (C=O) groups is 2. The van der Waals surface area contributed by atoms with Gasteiger partial charge in [-0.25, -0.2) is 4.79 Å². The van der Waals surface area contributed by atoms with Crippen molar-refractivity contribution in [2.45, 2.75) is 32.6 Å². The molecule has 5 nitrogen and oxygen atoms in total. The van der Waals surface area contributed by atoms with E-state index in [1.165, 1.54) is 42.4 Å². The van der Waals surface area contributed by atoms with Crippen LogP contribution < -0.4 is 0 Å². The molecule has 0 spiro atoms. The summed E-state index contributed by atoms with van der Waals surface area (Å²) in [5.41, 5.74) is 5.93. The molecule has 0 saturated carbocycles. The van der Waals surface area contributed by atoms with Crippen molar-refractivity contribution in [1.29, 1.82) is 0 Å². The Balaban J connectivity index is 1.49. The number of hydrogen-bond donors (Lipinski definition) is 1. The number of Topliss-reactive ketones (excluding diaryl/α,β-unsaturated/α-hetero) is 1. The standard InChI is InChI=1S/C26H25NO4S/c1-16(27-14-23(28)18-8-10-19(11-9-18)26(30)31-2)22-15-32-25(24(22)29)21-12-7-17-5-3-4-6-20(17)13-21/h7-13,15,29H,3-6,14H2,1-2H3. The molecule has 1 aromatic heterocycles. The van der Waals surface area contributed by atoms with Crippen molar-refractivity contribution < 1.29 is 19.4 Å². The SMILES string of the molecule is COC(=O)c1ccc(C(=O)CN=C(C)c2csc(-c3ccc4c(c3)CCCC4)c2O)cc1. The van der Waals surface area contributed by atoms with Gasteiger partial charge in [0.25, 0.3) is 0 Å². The molecule has 1 N–H and O–H groups in total. The summed E-state index contributed by atoms with van der Waals surface area (Å²) in [5, 5.41) is 12.7. The Hall–Kier alpha value is -3.25. The van der Waals surface area contributed by atoms with Crippen molar-refractivity contribution >= 4 is 28.8 Å². The molecule has 0 aliphatic heterocycles. The number of fused-ring (bicyclic) bond motifs is 1. The molecule has 0 bridgehead atoms. The lowest BCUT2D eigenvalue weighted by Gasteiger charge is -2.16. The molecule has 4 rings (SSSR count). The molecular formula is C26H25NO4S. The lowest BCUT2D eigenvalue weighted by molar-refractivity contribution is 0.0600. The Morgan fingerprint density at radius 2 is 1.72 bits per heavy atom. The number of carbonyl (C=O) groups excluding carboxylic acids is 2. The lowest BCUT2D eigenvalue weighted by atomic mass is 9.90. The maximum absolute atomic E-state index is 12.5. The molecule has 2 aromatic carbocycles. The van der Waals surface area contributed by atoms with E-state index in [-0.39, 0.29) is 18.1 Å². The highest BCUT2D eigenvalue weighted by Crippen LogP contribution is 2.40. The second-order valence-electron chi connectivity index (χ2n) is 7.91. The topological polar surface area (TPSA) is 76.0 Å². The highest BCUT2D eigenvalue weighted by Gasteiger charge is 2.17. The van der Waals surface area contributed by atoms with Crippen molar-refractivity contribution in [3.63, 3.8) is 0 Å². The van der Waals surface area contributed by atoms with Gasteiger partial charge in [0.15, 0.2) is 5.78 Å². The Morgan fingerprint density at radius 3 is 2.44 bits per heavy atom. The molecular weight excluding hydrogens is 422 g/mol. The molecule has 0 atom stereocenters. The molecule has 0 saturated heterocycles. The average Bonchev–Trinajstić information content (AvgIpc) is 3.22. The number of rotatable bonds is 6. The van der Waals surface area contributed by atoms with Crippen LogP contribution in [0.2, 0.25) is 0 Å². The van der Waals surface area contributed by atoms with Gasteiger partial charge in [0.2, 0.25) is 0 Å². The van der Waals surface area contributed by atoms with Gasteiger partial charge in [-0.05, 0) is 67.5 Å². The fourth-order valence-corrected chi connectivity index (χ4v) is 4.97. The van der Waals surface area contributed by atoms with E-state index < -0.39 is 5.97 Å². The number of ether oxygens (including phenoxy) is 1. The van der Waals surface area contributed by atoms with Crippen LogP contribution in [0.5, 0.6) is 5.75 Å². The third-order valence-corrected chi connectivity index (χ3v) is 6.87. The monoisotopic (exact) mass is 447 g/mol. The summed E-state index contributed by atoms with van der Waals surface area (Å²) in [6.45, 7) is 1.76. The highest BCUT2D eigenvalue weighted by molar-refractivity contribution is 7.14. The van der Waals surface area contributed by atoms with Crippen LogP contribution in [-0.2, 0) is 17.6 Å². The summed E-state index contributed by atoms with van der Waals surface area (Å²) in [4.78, 5) is 29.2. The van der Waals surface area contributed by atoms with Crippen LogP contribution in [0, 0.1) is 0 Å². The summed E-state index contributed by atoms with van der Waals surface area (Å²) < 4.78 is 4.67. The Labute approximate surface area is 191 Å². The van der Waals surface area contributed by atoms with E-state index >= 15 is 0 Å². The van der Waals surface area contributed by atoms with E-state index in [4.69, 9.17) is 0 Å². The van der Waals surface area contributed by atoms with Crippen molar-refractivity contribution in [1.82, 2.24) is 0 Å². The maximum Gasteiger partial charge on any atom is 0.337 e. The minimum atomic E-state index is -0.444. The van der Waals surface area contributed by atoms with Crippen LogP contribution in [0.3, 0.4) is 0 Å². The first-order valence-corrected chi connectivity index (χ1v) is 11.5. The number of methoxy groups -OCH3 is 1. The zero-order valence-electron chi connectivity index (χ0n) is 18.2. The molecule has 6 heteroatoms. The van der Waals surface area contributed by atoms with E-state index in [0.717, 1.165) is 23.3 Å². The number of thiophene rings is 1. The van der Waals surface area contributed by atoms with Crippen LogP contribution in [0.15, 0.2) is 52.8 Å². The minimum Gasteiger partial charge on any atom is -0.506 e. The fraction of sp³-hybridized carbons (Fsp3) is 0.269. The predicted molar refractivity (Wildman–Crippen MR) is 127 cm³/mol. The number of aromatic hydroxyl groups is 1. The minimum absolute atomic E-state index is 0.0349. The van der Waals surface area contributed by atoms with Gasteiger partial charge in [-0.15, -0.1) is 11.3 Å². The van der Waals surface area contributed by atoms with Gasteiger partial charge in [-0.3, -0.25) is 9.79 Å². The largest absolute Gasteiger partial charge is 0.506 e. The van der Waals surface area contributed by atoms with Crippen LogP contribution >= 0.6 is 11.3 Å². The summed E-state index contributed by atoms with van der Waals surface area (Å²) in [5.74, 6) is -0.396. The first-order valence-electron chi connectivity index (χ1n) is 10.6. The third-order valence-electron chi connectivity index (χ3n) is 5.85. The summed E-state index contributed by atoms with van der Waals surface area (Å²) in [6.07, 6.45) is 4.67. The quantitative estimate of drug-likeness (QED) is 0.308. The molecule has 1 aliphatic rings. The number of hydrogen-bond acceptors (Lipinski definition) is 6. The Kier molecular flexibility index (Phi) is 6.51. The predicted octanol–water partition coefficient (Wildman–Crippen LogP) is 5.48. The van der Waals surface area contributed by atoms with E-state index in [2.05, 4.69) is 27.9 Å². The van der Waals surface area contributed by atoms with E-state index in [1.807, 2.05) is 5.38 Å². The molecule has 1 heterocycles. The van der Waals surface area contributed by atoms with Crippen molar-refractivity contribution in [2.75, 3.05) is 13.7 Å². The molecule has 164 valence electrons. The number of aliphatic imine (C=N–C) groups is 1.